The molecular weight excluding hydrogens is 276 g/mol. The molecule has 0 amide bonds. The van der Waals surface area contributed by atoms with E-state index in [0.29, 0.717) is 18.8 Å². The van der Waals surface area contributed by atoms with Crippen molar-refractivity contribution in [2.45, 2.75) is 0 Å². The lowest BCUT2D eigenvalue weighted by molar-refractivity contribution is 0.281. The first kappa shape index (κ1) is 16.1. The maximum absolute atomic E-state index is 9.14. The monoisotopic (exact) mass is 298 g/mol. The fourth-order valence-corrected chi connectivity index (χ4v) is 2.26. The third-order valence-electron chi connectivity index (χ3n) is 3.43. The number of nitrogens with two attached hydrogens (primary N) is 1. The molecular formula is C18H22N2O2. The Morgan fingerprint density at radius 2 is 1.59 bits per heavy atom. The van der Waals surface area contributed by atoms with Crippen molar-refractivity contribution in [3.8, 4) is 0 Å². The molecule has 0 aromatic heterocycles. The van der Waals surface area contributed by atoms with Gasteiger partial charge in [-0.05, 0) is 29.3 Å². The summed E-state index contributed by atoms with van der Waals surface area (Å²) in [5, 5.41) is 18.3. The lowest BCUT2D eigenvalue weighted by atomic mass is 10.1. The molecule has 22 heavy (non-hydrogen) atoms. The summed E-state index contributed by atoms with van der Waals surface area (Å²) in [4.78, 5) is 1.93. The summed E-state index contributed by atoms with van der Waals surface area (Å²) in [5.74, 6) is 0. The number of hydrogen-bond donors (Lipinski definition) is 3. The minimum atomic E-state index is 0.0412. The smallest absolute Gasteiger partial charge is 0.0606 e. The largest absolute Gasteiger partial charge is 0.398 e. The molecule has 0 spiro atoms. The Morgan fingerprint density at radius 1 is 0.909 bits per heavy atom. The first-order valence-corrected chi connectivity index (χ1v) is 7.34. The highest BCUT2D eigenvalue weighted by molar-refractivity contribution is 5.78. The summed E-state index contributed by atoms with van der Waals surface area (Å²) >= 11 is 0. The summed E-state index contributed by atoms with van der Waals surface area (Å²) in [5.41, 5.74) is 9.69. The van der Waals surface area contributed by atoms with Gasteiger partial charge >= 0.3 is 0 Å². The summed E-state index contributed by atoms with van der Waals surface area (Å²) in [6, 6.07) is 15.7. The van der Waals surface area contributed by atoms with Crippen LogP contribution in [0.3, 0.4) is 0 Å². The van der Waals surface area contributed by atoms with Crippen molar-refractivity contribution in [1.82, 2.24) is 0 Å². The van der Waals surface area contributed by atoms with Crippen molar-refractivity contribution in [3.05, 3.63) is 59.7 Å². The normalized spacial score (nSPS) is 11.0. The van der Waals surface area contributed by atoms with Gasteiger partial charge in [-0.1, -0.05) is 42.5 Å². The second-order valence-electron chi connectivity index (χ2n) is 4.99. The van der Waals surface area contributed by atoms with Crippen LogP contribution in [0.4, 0.5) is 11.4 Å². The molecule has 116 valence electrons. The van der Waals surface area contributed by atoms with Gasteiger partial charge in [0.2, 0.25) is 0 Å². The zero-order chi connectivity index (χ0) is 15.8. The fraction of sp³-hybridized carbons (Fsp3) is 0.222. The van der Waals surface area contributed by atoms with Crippen LogP contribution in [0.1, 0.15) is 11.1 Å². The van der Waals surface area contributed by atoms with E-state index in [-0.39, 0.29) is 13.2 Å². The van der Waals surface area contributed by atoms with Gasteiger partial charge in [0.05, 0.1) is 13.2 Å². The number of hydrogen-bond acceptors (Lipinski definition) is 4. The standard InChI is InChI=1S/C18H22N2O2/c19-18-9-8-17(20(10-12-21)11-13-22)14-16(18)7-6-15-4-2-1-3-5-15/h1-9,14,21-22H,10-13,19H2/b7-6+. The number of rotatable bonds is 7. The molecule has 0 radical (unpaired) electrons. The highest BCUT2D eigenvalue weighted by Gasteiger charge is 2.07. The van der Waals surface area contributed by atoms with Crippen LogP contribution in [0.5, 0.6) is 0 Å². The predicted molar refractivity (Wildman–Crippen MR) is 92.6 cm³/mol. The molecule has 0 saturated heterocycles. The van der Waals surface area contributed by atoms with Crippen LogP contribution in [0.2, 0.25) is 0 Å². The summed E-state index contributed by atoms with van der Waals surface area (Å²) in [6.45, 7) is 1.04. The van der Waals surface area contributed by atoms with Gasteiger partial charge in [-0.2, -0.15) is 0 Å². The minimum absolute atomic E-state index is 0.0412. The molecule has 4 heteroatoms. The zero-order valence-corrected chi connectivity index (χ0v) is 12.5. The van der Waals surface area contributed by atoms with Gasteiger partial charge in [-0.15, -0.1) is 0 Å². The van der Waals surface area contributed by atoms with Crippen LogP contribution in [0.25, 0.3) is 12.2 Å². The van der Waals surface area contributed by atoms with Crippen LogP contribution >= 0.6 is 0 Å². The van der Waals surface area contributed by atoms with Gasteiger partial charge in [0.25, 0.3) is 0 Å². The Kier molecular flexibility index (Phi) is 6.01. The molecule has 0 fully saturated rings. The molecule has 2 aromatic rings. The highest BCUT2D eigenvalue weighted by Crippen LogP contribution is 2.23. The van der Waals surface area contributed by atoms with Crippen molar-refractivity contribution in [2.24, 2.45) is 0 Å². The van der Waals surface area contributed by atoms with E-state index in [1.54, 1.807) is 0 Å². The Hall–Kier alpha value is -2.30. The van der Waals surface area contributed by atoms with E-state index in [4.69, 9.17) is 15.9 Å². The SMILES string of the molecule is Nc1ccc(N(CCO)CCO)cc1/C=C/c1ccccc1. The molecule has 2 rings (SSSR count). The van der Waals surface area contributed by atoms with E-state index in [1.165, 1.54) is 0 Å². The molecule has 0 aliphatic carbocycles. The molecule has 4 N–H and O–H groups in total. The van der Waals surface area contributed by atoms with Gasteiger partial charge in [0.15, 0.2) is 0 Å². The van der Waals surface area contributed by atoms with Crippen molar-refractivity contribution in [2.75, 3.05) is 36.9 Å². The van der Waals surface area contributed by atoms with Crippen molar-refractivity contribution < 1.29 is 10.2 Å². The molecule has 0 atom stereocenters. The highest BCUT2D eigenvalue weighted by atomic mass is 16.3. The molecule has 0 saturated carbocycles. The summed E-state index contributed by atoms with van der Waals surface area (Å²) < 4.78 is 0. The summed E-state index contributed by atoms with van der Waals surface area (Å²) in [6.07, 6.45) is 3.99. The van der Waals surface area contributed by atoms with E-state index in [1.807, 2.05) is 65.6 Å². The Bertz CT molecular complexity index is 606. The quantitative estimate of drug-likeness (QED) is 0.541. The van der Waals surface area contributed by atoms with Gasteiger partial charge in [0, 0.05) is 24.5 Å². The molecule has 0 aliphatic heterocycles. The molecule has 2 aromatic carbocycles. The number of aliphatic hydroxyl groups is 2. The lowest BCUT2D eigenvalue weighted by Crippen LogP contribution is -2.29. The Balaban J connectivity index is 2.24. The van der Waals surface area contributed by atoms with E-state index < -0.39 is 0 Å². The summed E-state index contributed by atoms with van der Waals surface area (Å²) in [7, 11) is 0. The van der Waals surface area contributed by atoms with E-state index >= 15 is 0 Å². The maximum atomic E-state index is 9.14. The van der Waals surface area contributed by atoms with Gasteiger partial charge in [0.1, 0.15) is 0 Å². The number of aliphatic hydroxyl groups excluding tert-OH is 2. The average Bonchev–Trinajstić information content (AvgIpc) is 2.55. The molecule has 0 heterocycles. The van der Waals surface area contributed by atoms with Gasteiger partial charge in [-0.3, -0.25) is 0 Å². The third kappa shape index (κ3) is 4.35. The molecule has 0 unspecified atom stereocenters. The topological polar surface area (TPSA) is 69.7 Å². The Labute approximate surface area is 131 Å². The van der Waals surface area contributed by atoms with Crippen molar-refractivity contribution in [1.29, 1.82) is 0 Å². The lowest BCUT2D eigenvalue weighted by Gasteiger charge is -2.23. The Morgan fingerprint density at radius 3 is 2.23 bits per heavy atom. The van der Waals surface area contributed by atoms with Crippen molar-refractivity contribution >= 4 is 23.5 Å². The second-order valence-corrected chi connectivity index (χ2v) is 4.99. The van der Waals surface area contributed by atoms with Crippen molar-refractivity contribution in [3.63, 3.8) is 0 Å². The van der Waals surface area contributed by atoms with E-state index in [2.05, 4.69) is 0 Å². The number of benzene rings is 2. The first-order valence-electron chi connectivity index (χ1n) is 7.34. The zero-order valence-electron chi connectivity index (χ0n) is 12.5. The maximum Gasteiger partial charge on any atom is 0.0606 e. The number of nitrogen functional groups attached to an aromatic ring is 1. The molecule has 4 nitrogen and oxygen atoms in total. The number of nitrogens with zero attached hydrogens (tertiary/aromatic N) is 1. The third-order valence-corrected chi connectivity index (χ3v) is 3.43. The fourth-order valence-electron chi connectivity index (χ4n) is 2.26. The first-order chi connectivity index (χ1) is 10.7. The number of anilines is 2. The average molecular weight is 298 g/mol. The van der Waals surface area contributed by atoms with E-state index in [9.17, 15) is 0 Å². The van der Waals surface area contributed by atoms with E-state index in [0.717, 1.165) is 16.8 Å². The van der Waals surface area contributed by atoms with Crippen LogP contribution in [-0.2, 0) is 0 Å². The van der Waals surface area contributed by atoms with Gasteiger partial charge in [-0.25, -0.2) is 0 Å². The second kappa shape index (κ2) is 8.22. The molecule has 0 aliphatic rings. The minimum Gasteiger partial charge on any atom is -0.398 e. The molecule has 0 bridgehead atoms. The van der Waals surface area contributed by atoms with Crippen LogP contribution in [-0.4, -0.2) is 36.5 Å². The van der Waals surface area contributed by atoms with Gasteiger partial charge < -0.3 is 20.8 Å². The van der Waals surface area contributed by atoms with Crippen LogP contribution < -0.4 is 10.6 Å². The van der Waals surface area contributed by atoms with Crippen LogP contribution in [0.15, 0.2) is 48.5 Å². The predicted octanol–water partition coefficient (Wildman–Crippen LogP) is 2.23. The van der Waals surface area contributed by atoms with Crippen LogP contribution in [0, 0.1) is 0 Å².